The van der Waals surface area contributed by atoms with Crippen molar-refractivity contribution in [3.63, 3.8) is 0 Å². The Morgan fingerprint density at radius 1 is 0.853 bits per heavy atom. The highest BCUT2D eigenvalue weighted by Crippen LogP contribution is 2.36. The summed E-state index contributed by atoms with van der Waals surface area (Å²) in [6.07, 6.45) is -9.12. The van der Waals surface area contributed by atoms with Crippen molar-refractivity contribution in [1.82, 2.24) is 10.3 Å². The number of nitrogens with one attached hydrogen (secondary N) is 1. The van der Waals surface area contributed by atoms with E-state index in [9.17, 15) is 39.9 Å². The lowest BCUT2D eigenvalue weighted by Crippen LogP contribution is -2.39. The summed E-state index contributed by atoms with van der Waals surface area (Å²) in [5.41, 5.74) is -2.06. The summed E-state index contributed by atoms with van der Waals surface area (Å²) < 4.78 is 108. The van der Waals surface area contributed by atoms with E-state index >= 15 is 0 Å². The molecule has 1 heterocycles. The van der Waals surface area contributed by atoms with Crippen LogP contribution in [0.4, 0.5) is 35.1 Å². The molecule has 3 aromatic rings. The Kier molecular flexibility index (Phi) is 7.23. The molecule has 1 aromatic heterocycles. The SMILES string of the molecule is O=C(NC[C@@H](c1cc(F)cc(C(F)(F)F)c1)c1ccc(F)cn1)[C@@H](c1ccccc1)C(F)(F)F. The summed E-state index contributed by atoms with van der Waals surface area (Å²) in [4.78, 5) is 16.3. The van der Waals surface area contributed by atoms with Crippen LogP contribution in [0, 0.1) is 11.6 Å². The van der Waals surface area contributed by atoms with Crippen LogP contribution in [-0.4, -0.2) is 23.6 Å². The first kappa shape index (κ1) is 25.1. The minimum absolute atomic E-state index is 0.0799. The monoisotopic (exact) mass is 488 g/mol. The summed E-state index contributed by atoms with van der Waals surface area (Å²) in [7, 11) is 0. The van der Waals surface area contributed by atoms with E-state index < -0.39 is 53.8 Å². The van der Waals surface area contributed by atoms with Gasteiger partial charge in [0.25, 0.3) is 0 Å². The molecule has 0 aliphatic rings. The van der Waals surface area contributed by atoms with Crippen molar-refractivity contribution in [2.45, 2.75) is 24.2 Å². The fourth-order valence-electron chi connectivity index (χ4n) is 3.40. The average Bonchev–Trinajstić information content (AvgIpc) is 2.74. The van der Waals surface area contributed by atoms with Gasteiger partial charge in [-0.1, -0.05) is 30.3 Å². The van der Waals surface area contributed by atoms with E-state index in [-0.39, 0.29) is 22.9 Å². The number of aromatic nitrogens is 1. The number of alkyl halides is 6. The molecule has 2 aromatic carbocycles. The third kappa shape index (κ3) is 6.09. The molecule has 3 nitrogen and oxygen atoms in total. The highest BCUT2D eigenvalue weighted by atomic mass is 19.4. The Morgan fingerprint density at radius 3 is 2.09 bits per heavy atom. The van der Waals surface area contributed by atoms with Crippen LogP contribution in [0.25, 0.3) is 0 Å². The highest BCUT2D eigenvalue weighted by molar-refractivity contribution is 5.84. The van der Waals surface area contributed by atoms with Gasteiger partial charge >= 0.3 is 12.4 Å². The molecule has 34 heavy (non-hydrogen) atoms. The van der Waals surface area contributed by atoms with Crippen molar-refractivity contribution >= 4 is 5.91 Å². The number of nitrogens with zero attached hydrogens (tertiary/aromatic N) is 1. The van der Waals surface area contributed by atoms with E-state index in [1.165, 1.54) is 18.2 Å². The predicted molar refractivity (Wildman–Crippen MR) is 106 cm³/mol. The number of amides is 1. The van der Waals surface area contributed by atoms with E-state index in [4.69, 9.17) is 0 Å². The van der Waals surface area contributed by atoms with Crippen molar-refractivity contribution in [3.8, 4) is 0 Å². The van der Waals surface area contributed by atoms with Gasteiger partial charge in [0.05, 0.1) is 11.8 Å². The number of rotatable bonds is 6. The molecule has 1 N–H and O–H groups in total. The first-order chi connectivity index (χ1) is 15.9. The van der Waals surface area contributed by atoms with Crippen LogP contribution in [0.2, 0.25) is 0 Å². The van der Waals surface area contributed by atoms with Crippen molar-refractivity contribution in [3.05, 3.63) is 101 Å². The van der Waals surface area contributed by atoms with Gasteiger partial charge in [0.1, 0.15) is 11.6 Å². The van der Waals surface area contributed by atoms with Crippen molar-refractivity contribution in [1.29, 1.82) is 0 Å². The average molecular weight is 488 g/mol. The van der Waals surface area contributed by atoms with Gasteiger partial charge in [-0.25, -0.2) is 8.78 Å². The quantitative estimate of drug-likeness (QED) is 0.435. The molecular formula is C23H16F8N2O. The van der Waals surface area contributed by atoms with Gasteiger partial charge < -0.3 is 5.32 Å². The summed E-state index contributed by atoms with van der Waals surface area (Å²) in [6.45, 7) is -0.655. The number of hydrogen-bond donors (Lipinski definition) is 1. The van der Waals surface area contributed by atoms with Crippen LogP contribution in [0.1, 0.15) is 34.2 Å². The molecule has 180 valence electrons. The molecule has 1 amide bonds. The maximum Gasteiger partial charge on any atom is 0.416 e. The van der Waals surface area contributed by atoms with Crippen molar-refractivity contribution < 1.29 is 39.9 Å². The first-order valence-electron chi connectivity index (χ1n) is 9.75. The van der Waals surface area contributed by atoms with E-state index in [1.807, 2.05) is 0 Å². The molecule has 2 atom stereocenters. The zero-order chi connectivity index (χ0) is 25.1. The minimum atomic E-state index is -4.96. The molecule has 0 bridgehead atoms. The number of carbonyl (C=O) groups is 1. The lowest BCUT2D eigenvalue weighted by Gasteiger charge is -2.23. The Hall–Kier alpha value is -3.50. The van der Waals surface area contributed by atoms with Crippen molar-refractivity contribution in [2.24, 2.45) is 0 Å². The first-order valence-corrected chi connectivity index (χ1v) is 9.75. The van der Waals surface area contributed by atoms with Crippen LogP contribution >= 0.6 is 0 Å². The fourth-order valence-corrected chi connectivity index (χ4v) is 3.40. The third-order valence-electron chi connectivity index (χ3n) is 4.96. The summed E-state index contributed by atoms with van der Waals surface area (Å²) in [6, 6.07) is 9.94. The number of carbonyl (C=O) groups excluding carboxylic acids is 1. The lowest BCUT2D eigenvalue weighted by atomic mass is 9.92. The van der Waals surface area contributed by atoms with E-state index in [1.54, 1.807) is 0 Å². The molecule has 3 rings (SSSR count). The Labute approximate surface area is 188 Å². The molecule has 0 unspecified atom stereocenters. The molecule has 0 saturated carbocycles. The molecule has 0 radical (unpaired) electrons. The maximum absolute atomic E-state index is 14.0. The molecule has 0 spiro atoms. The van der Waals surface area contributed by atoms with E-state index in [2.05, 4.69) is 10.3 Å². The third-order valence-corrected chi connectivity index (χ3v) is 4.96. The van der Waals surface area contributed by atoms with Crippen LogP contribution < -0.4 is 5.32 Å². The Morgan fingerprint density at radius 2 is 1.53 bits per heavy atom. The fraction of sp³-hybridized carbons (Fsp3) is 0.217. The predicted octanol–water partition coefficient (Wildman–Crippen LogP) is 5.97. The number of hydrogen-bond acceptors (Lipinski definition) is 2. The highest BCUT2D eigenvalue weighted by Gasteiger charge is 2.46. The summed E-state index contributed by atoms with van der Waals surface area (Å²) in [5, 5.41) is 2.08. The zero-order valence-corrected chi connectivity index (χ0v) is 17.1. The van der Waals surface area contributed by atoms with Crippen LogP contribution in [-0.2, 0) is 11.0 Å². The second-order valence-corrected chi connectivity index (χ2v) is 7.36. The smallest absolute Gasteiger partial charge is 0.354 e. The number of benzene rings is 2. The van der Waals surface area contributed by atoms with Crippen molar-refractivity contribution in [2.75, 3.05) is 6.54 Å². The van der Waals surface area contributed by atoms with Crippen LogP contribution in [0.3, 0.4) is 0 Å². The second-order valence-electron chi connectivity index (χ2n) is 7.36. The lowest BCUT2D eigenvalue weighted by molar-refractivity contribution is -0.165. The summed E-state index contributed by atoms with van der Waals surface area (Å²) >= 11 is 0. The number of pyridine rings is 1. The second kappa shape index (κ2) is 9.78. The number of halogens is 8. The van der Waals surface area contributed by atoms with Gasteiger partial charge in [-0.05, 0) is 41.5 Å². The zero-order valence-electron chi connectivity index (χ0n) is 17.1. The molecular weight excluding hydrogens is 472 g/mol. The standard InChI is InChI=1S/C23H16F8N2O/c24-16-6-7-19(32-11-16)18(14-8-15(22(26,27)28)10-17(25)9-14)12-33-21(34)20(23(29,30)31)13-4-2-1-3-5-13/h1-11,18,20H,12H2,(H,33,34)/t18-,20+/m0/s1. The Balaban J connectivity index is 1.97. The van der Waals surface area contributed by atoms with Gasteiger partial charge in [0.15, 0.2) is 5.92 Å². The van der Waals surface area contributed by atoms with Gasteiger partial charge in [-0.15, -0.1) is 0 Å². The molecule has 0 aliphatic heterocycles. The van der Waals surface area contributed by atoms with E-state index in [0.717, 1.165) is 36.5 Å². The normalized spacial score (nSPS) is 13.9. The van der Waals surface area contributed by atoms with Crippen LogP contribution in [0.5, 0.6) is 0 Å². The largest absolute Gasteiger partial charge is 0.416 e. The van der Waals surface area contributed by atoms with Gasteiger partial charge in [-0.3, -0.25) is 9.78 Å². The molecule has 0 fully saturated rings. The van der Waals surface area contributed by atoms with Gasteiger partial charge in [-0.2, -0.15) is 26.3 Å². The minimum Gasteiger partial charge on any atom is -0.354 e. The van der Waals surface area contributed by atoms with Gasteiger partial charge in [0.2, 0.25) is 5.91 Å². The maximum atomic E-state index is 14.0. The molecule has 11 heteroatoms. The molecule has 0 aliphatic carbocycles. The summed E-state index contributed by atoms with van der Waals surface area (Å²) in [5.74, 6) is -7.33. The Bertz CT molecular complexity index is 1130. The van der Waals surface area contributed by atoms with Crippen LogP contribution in [0.15, 0.2) is 66.9 Å². The molecule has 0 saturated heterocycles. The van der Waals surface area contributed by atoms with E-state index in [0.29, 0.717) is 6.07 Å². The van der Waals surface area contributed by atoms with Gasteiger partial charge in [0, 0.05) is 18.2 Å². The topological polar surface area (TPSA) is 42.0 Å².